The number of amides is 2. The van der Waals surface area contributed by atoms with Gasteiger partial charge in [-0.15, -0.1) is 11.3 Å². The highest BCUT2D eigenvalue weighted by Gasteiger charge is 2.42. The van der Waals surface area contributed by atoms with Crippen LogP contribution in [0.1, 0.15) is 18.9 Å². The molecule has 2 aliphatic rings. The second-order valence-corrected chi connectivity index (χ2v) is 7.31. The van der Waals surface area contributed by atoms with Crippen molar-refractivity contribution in [1.82, 2.24) is 20.5 Å². The molecule has 25 heavy (non-hydrogen) atoms. The molecule has 1 atom stereocenters. The number of carbonyl (C=O) groups is 2. The molecule has 1 unspecified atom stereocenters. The predicted octanol–water partition coefficient (Wildman–Crippen LogP) is 1.33. The van der Waals surface area contributed by atoms with Crippen LogP contribution in [0.5, 0.6) is 0 Å². The van der Waals surface area contributed by atoms with Crippen LogP contribution in [0.15, 0.2) is 34.4 Å². The van der Waals surface area contributed by atoms with Crippen molar-refractivity contribution in [2.45, 2.75) is 18.9 Å². The zero-order chi connectivity index (χ0) is 17.6. The summed E-state index contributed by atoms with van der Waals surface area (Å²) in [6.07, 6.45) is 2.40. The number of hydrogen-bond acceptors (Lipinski definition) is 5. The molecule has 2 amide bonds. The van der Waals surface area contributed by atoms with Crippen molar-refractivity contribution in [2.75, 3.05) is 13.6 Å². The van der Waals surface area contributed by atoms with Crippen LogP contribution in [0.4, 0.5) is 0 Å². The summed E-state index contributed by atoms with van der Waals surface area (Å²) in [6.45, 7) is 2.46. The van der Waals surface area contributed by atoms with Gasteiger partial charge in [0.2, 0.25) is 11.9 Å². The predicted molar refractivity (Wildman–Crippen MR) is 97.0 cm³/mol. The largest absolute Gasteiger partial charge is 0.344 e. The third-order valence-corrected chi connectivity index (χ3v) is 5.29. The maximum absolute atomic E-state index is 12.2. The molecule has 0 radical (unpaired) electrons. The average molecular weight is 355 g/mol. The minimum absolute atomic E-state index is 0.0378. The van der Waals surface area contributed by atoms with Gasteiger partial charge in [-0.05, 0) is 37.1 Å². The highest BCUT2D eigenvalue weighted by atomic mass is 32.1. The van der Waals surface area contributed by atoms with Crippen LogP contribution in [0.3, 0.4) is 0 Å². The molecular formula is C17H17N5O2S. The number of aromatic nitrogens is 1. The fourth-order valence-corrected chi connectivity index (χ4v) is 3.76. The van der Waals surface area contributed by atoms with Gasteiger partial charge < -0.3 is 10.2 Å². The quantitative estimate of drug-likeness (QED) is 0.796. The van der Waals surface area contributed by atoms with Crippen molar-refractivity contribution in [2.24, 2.45) is 4.99 Å². The average Bonchev–Trinajstić information content (AvgIpc) is 3.24. The second-order valence-electron chi connectivity index (χ2n) is 6.43. The Bertz CT molecular complexity index is 947. The number of thiazole rings is 1. The smallest absolute Gasteiger partial charge is 0.274 e. The Balaban J connectivity index is 1.59. The molecule has 0 bridgehead atoms. The number of likely N-dealkylation sites (N-methyl/N-ethyl adjacent to an activating group) is 1. The van der Waals surface area contributed by atoms with E-state index in [-0.39, 0.29) is 11.8 Å². The lowest BCUT2D eigenvalue weighted by molar-refractivity contribution is -0.130. The number of fused-ring (bicyclic) bond motifs is 1. The summed E-state index contributed by atoms with van der Waals surface area (Å²) in [7, 11) is 1.76. The van der Waals surface area contributed by atoms with E-state index in [1.54, 1.807) is 41.8 Å². The Morgan fingerprint density at radius 3 is 2.96 bits per heavy atom. The molecule has 0 spiro atoms. The van der Waals surface area contributed by atoms with Crippen molar-refractivity contribution in [3.05, 3.63) is 35.0 Å². The molecule has 3 heterocycles. The highest BCUT2D eigenvalue weighted by Crippen LogP contribution is 2.26. The fourth-order valence-electron chi connectivity index (χ4n) is 3.03. The van der Waals surface area contributed by atoms with Crippen molar-refractivity contribution in [3.8, 4) is 0 Å². The van der Waals surface area contributed by atoms with Gasteiger partial charge in [-0.25, -0.2) is 9.98 Å². The molecule has 1 aromatic carbocycles. The molecule has 0 aliphatic carbocycles. The van der Waals surface area contributed by atoms with Crippen LogP contribution < -0.4 is 10.6 Å². The summed E-state index contributed by atoms with van der Waals surface area (Å²) in [4.78, 5) is 34.8. The molecule has 1 aromatic heterocycles. The van der Waals surface area contributed by atoms with Crippen LogP contribution in [-0.2, 0) is 9.59 Å². The second kappa shape index (κ2) is 5.66. The standard InChI is InChI=1S/C17H17N5O2S/c1-17(5-6-22(2)15(17)24)21-16-19-12(14(23)20-16)7-10-3-4-11-13(8-10)25-9-18-11/h3-4,7-9H,5-6H2,1-2H3,(H2,19,20,21,23)/b12-7-. The van der Waals surface area contributed by atoms with E-state index >= 15 is 0 Å². The van der Waals surface area contributed by atoms with E-state index in [0.717, 1.165) is 15.8 Å². The lowest BCUT2D eigenvalue weighted by Crippen LogP contribution is -2.38. The van der Waals surface area contributed by atoms with E-state index in [0.29, 0.717) is 24.6 Å². The van der Waals surface area contributed by atoms with Gasteiger partial charge in [-0.3, -0.25) is 14.9 Å². The van der Waals surface area contributed by atoms with Crippen LogP contribution in [0.25, 0.3) is 16.3 Å². The SMILES string of the molecule is CN1CCC(C)(N=C2NC(=O)/C(=C/c3ccc4ncsc4c3)N2)C1=O. The van der Waals surface area contributed by atoms with Gasteiger partial charge >= 0.3 is 0 Å². The van der Waals surface area contributed by atoms with Crippen LogP contribution in [-0.4, -0.2) is 46.8 Å². The summed E-state index contributed by atoms with van der Waals surface area (Å²) in [5.74, 6) is 0.0240. The van der Waals surface area contributed by atoms with E-state index in [4.69, 9.17) is 0 Å². The number of hydrogen-bond donors (Lipinski definition) is 2. The van der Waals surface area contributed by atoms with Crippen LogP contribution in [0.2, 0.25) is 0 Å². The van der Waals surface area contributed by atoms with Gasteiger partial charge in [-0.2, -0.15) is 0 Å². The maximum Gasteiger partial charge on any atom is 0.274 e. The van der Waals surface area contributed by atoms with Gasteiger partial charge in [0.1, 0.15) is 11.2 Å². The van der Waals surface area contributed by atoms with E-state index in [9.17, 15) is 9.59 Å². The molecule has 128 valence electrons. The van der Waals surface area contributed by atoms with Gasteiger partial charge in [-0.1, -0.05) is 6.07 Å². The number of guanidine groups is 1. The van der Waals surface area contributed by atoms with Gasteiger partial charge in [0.15, 0.2) is 0 Å². The Kier molecular flexibility index (Phi) is 3.57. The normalized spacial score (nSPS) is 26.7. The van der Waals surface area contributed by atoms with Crippen molar-refractivity contribution < 1.29 is 9.59 Å². The Morgan fingerprint density at radius 1 is 1.36 bits per heavy atom. The number of benzene rings is 1. The summed E-state index contributed by atoms with van der Waals surface area (Å²) in [6, 6.07) is 5.82. The Labute approximate surface area is 148 Å². The number of nitrogens with zero attached hydrogens (tertiary/aromatic N) is 3. The minimum Gasteiger partial charge on any atom is -0.344 e. The Hall–Kier alpha value is -2.74. The molecule has 2 aromatic rings. The third-order valence-electron chi connectivity index (χ3n) is 4.50. The first-order valence-electron chi connectivity index (χ1n) is 7.93. The van der Waals surface area contributed by atoms with Crippen molar-refractivity contribution >= 4 is 45.4 Å². The lowest BCUT2D eigenvalue weighted by atomic mass is 10.0. The fraction of sp³-hybridized carbons (Fsp3) is 0.294. The van der Waals surface area contributed by atoms with E-state index in [1.165, 1.54) is 0 Å². The van der Waals surface area contributed by atoms with Crippen molar-refractivity contribution in [1.29, 1.82) is 0 Å². The van der Waals surface area contributed by atoms with Gasteiger partial charge in [0.05, 0.1) is 15.7 Å². The number of rotatable bonds is 2. The van der Waals surface area contributed by atoms with Crippen LogP contribution >= 0.6 is 11.3 Å². The topological polar surface area (TPSA) is 86.7 Å². The highest BCUT2D eigenvalue weighted by molar-refractivity contribution is 7.16. The summed E-state index contributed by atoms with van der Waals surface area (Å²) >= 11 is 1.55. The summed E-state index contributed by atoms with van der Waals surface area (Å²) in [5, 5.41) is 5.68. The van der Waals surface area contributed by atoms with Gasteiger partial charge in [0.25, 0.3) is 5.91 Å². The number of likely N-dealkylation sites (tertiary alicyclic amines) is 1. The first-order chi connectivity index (χ1) is 11.9. The molecule has 2 aliphatic heterocycles. The van der Waals surface area contributed by atoms with Crippen LogP contribution in [0, 0.1) is 0 Å². The molecular weight excluding hydrogens is 338 g/mol. The molecule has 2 N–H and O–H groups in total. The first kappa shape index (κ1) is 15.8. The molecule has 2 fully saturated rings. The van der Waals surface area contributed by atoms with Gasteiger partial charge in [0, 0.05) is 13.6 Å². The number of aliphatic imine (C=N–C) groups is 1. The number of nitrogens with one attached hydrogen (secondary N) is 2. The summed E-state index contributed by atoms with van der Waals surface area (Å²) in [5.41, 5.74) is 3.21. The van der Waals surface area contributed by atoms with E-state index in [1.807, 2.05) is 18.2 Å². The molecule has 7 nitrogen and oxygen atoms in total. The maximum atomic E-state index is 12.2. The van der Waals surface area contributed by atoms with E-state index < -0.39 is 5.54 Å². The molecule has 2 saturated heterocycles. The molecule has 4 rings (SSSR count). The lowest BCUT2D eigenvalue weighted by Gasteiger charge is -2.17. The monoisotopic (exact) mass is 355 g/mol. The minimum atomic E-state index is -0.832. The van der Waals surface area contributed by atoms with Crippen molar-refractivity contribution in [3.63, 3.8) is 0 Å². The Morgan fingerprint density at radius 2 is 2.20 bits per heavy atom. The zero-order valence-corrected chi connectivity index (χ0v) is 14.7. The zero-order valence-electron chi connectivity index (χ0n) is 13.9. The number of carbonyl (C=O) groups excluding carboxylic acids is 2. The van der Waals surface area contributed by atoms with E-state index in [2.05, 4.69) is 20.6 Å². The first-order valence-corrected chi connectivity index (χ1v) is 8.81. The molecule has 8 heteroatoms. The third kappa shape index (κ3) is 2.78. The summed E-state index contributed by atoms with van der Waals surface area (Å²) < 4.78 is 1.06. The molecule has 0 saturated carbocycles.